The highest BCUT2D eigenvalue weighted by atomic mass is 15.1. The smallest absolute Gasteiger partial charge is 0.0541 e. The minimum atomic E-state index is 1.09. The molecule has 2 heteroatoms. The number of benzene rings is 14. The van der Waals surface area contributed by atoms with E-state index < -0.39 is 0 Å². The van der Waals surface area contributed by atoms with E-state index in [1.54, 1.807) is 0 Å². The summed E-state index contributed by atoms with van der Waals surface area (Å²) in [7, 11) is 0. The van der Waals surface area contributed by atoms with Crippen molar-refractivity contribution in [2.45, 2.75) is 0 Å². The van der Waals surface area contributed by atoms with Crippen molar-refractivity contribution in [1.29, 1.82) is 0 Å². The second kappa shape index (κ2) is 19.8. The van der Waals surface area contributed by atoms with Crippen LogP contribution in [0.1, 0.15) is 0 Å². The third-order valence-corrected chi connectivity index (χ3v) is 16.2. The Kier molecular flexibility index (Phi) is 11.6. The fourth-order valence-electron chi connectivity index (χ4n) is 12.2. The summed E-state index contributed by atoms with van der Waals surface area (Å²) in [6.45, 7) is 0. The van der Waals surface area contributed by atoms with Crippen LogP contribution < -0.4 is 4.90 Å². The first kappa shape index (κ1) is 46.7. The Labute approximate surface area is 466 Å². The maximum Gasteiger partial charge on any atom is 0.0541 e. The Hall–Kier alpha value is -10.5. The minimum absolute atomic E-state index is 1.09. The van der Waals surface area contributed by atoms with Crippen LogP contribution in [0.2, 0.25) is 0 Å². The molecule has 0 aliphatic rings. The number of hydrogen-bond donors (Lipinski definition) is 0. The van der Waals surface area contributed by atoms with Crippen molar-refractivity contribution >= 4 is 71.2 Å². The van der Waals surface area contributed by atoms with Crippen molar-refractivity contribution < 1.29 is 0 Å². The van der Waals surface area contributed by atoms with Gasteiger partial charge in [0.15, 0.2) is 0 Å². The molecule has 0 aliphatic carbocycles. The summed E-state index contributed by atoms with van der Waals surface area (Å²) in [4.78, 5) is 2.36. The lowest BCUT2D eigenvalue weighted by molar-refractivity contribution is 1.18. The van der Waals surface area contributed by atoms with Crippen LogP contribution in [0.5, 0.6) is 0 Å². The zero-order chi connectivity index (χ0) is 52.9. The van der Waals surface area contributed by atoms with E-state index in [-0.39, 0.29) is 0 Å². The number of aromatic nitrogens is 1. The second-order valence-electron chi connectivity index (χ2n) is 20.9. The predicted molar refractivity (Wildman–Crippen MR) is 341 cm³/mol. The van der Waals surface area contributed by atoms with Gasteiger partial charge in [0.2, 0.25) is 0 Å². The third kappa shape index (κ3) is 8.39. The highest BCUT2D eigenvalue weighted by Gasteiger charge is 2.19. The largest absolute Gasteiger partial charge is 0.311 e. The molecule has 80 heavy (non-hydrogen) atoms. The molecule has 15 aromatic rings. The van der Waals surface area contributed by atoms with Gasteiger partial charge in [-0.2, -0.15) is 0 Å². The number of fused-ring (bicyclic) bond motifs is 9. The van der Waals surface area contributed by atoms with Crippen LogP contribution in [0, 0.1) is 0 Å². The maximum atomic E-state index is 2.46. The molecule has 0 saturated carbocycles. The summed E-state index contributed by atoms with van der Waals surface area (Å²) < 4.78 is 2.46. The van der Waals surface area contributed by atoms with Crippen molar-refractivity contribution in [2.24, 2.45) is 0 Å². The zero-order valence-corrected chi connectivity index (χ0v) is 43.9. The summed E-state index contributed by atoms with van der Waals surface area (Å²) >= 11 is 0. The number of rotatable bonds is 10. The lowest BCUT2D eigenvalue weighted by Crippen LogP contribution is -2.09. The molecule has 0 unspecified atom stereocenters. The summed E-state index contributed by atoms with van der Waals surface area (Å²) in [5, 5.41) is 10.1. The SMILES string of the molecule is c1ccc(-c2ccc(-c3ccc4c(c3)c3cc(-c5ccc(N(c6ccc(-c7ccccc7)cc6)c6ccc(-c7ccccc7)cc6)cc5)ccc3n4-c3cccc(-c4ccc5c6ccccc6c6ccccc6c5c4)c3)cc2)cc1. The predicted octanol–water partition coefficient (Wildman–Crippen LogP) is 21.7. The highest BCUT2D eigenvalue weighted by Crippen LogP contribution is 2.42. The summed E-state index contributed by atoms with van der Waals surface area (Å²) in [6, 6.07) is 115. The van der Waals surface area contributed by atoms with E-state index >= 15 is 0 Å². The third-order valence-electron chi connectivity index (χ3n) is 16.2. The first-order valence-electron chi connectivity index (χ1n) is 27.5. The second-order valence-corrected chi connectivity index (χ2v) is 20.9. The summed E-state index contributed by atoms with van der Waals surface area (Å²) in [6.07, 6.45) is 0. The monoisotopic (exact) mass is 1020 g/mol. The Morgan fingerprint density at radius 2 is 0.450 bits per heavy atom. The van der Waals surface area contributed by atoms with Crippen molar-refractivity contribution in [3.8, 4) is 72.4 Å². The Balaban J connectivity index is 0.836. The van der Waals surface area contributed by atoms with E-state index in [1.165, 1.54) is 98.7 Å². The van der Waals surface area contributed by atoms with Gasteiger partial charge in [-0.25, -0.2) is 0 Å². The molecule has 0 spiro atoms. The molecule has 0 atom stereocenters. The van der Waals surface area contributed by atoms with Crippen LogP contribution in [0.3, 0.4) is 0 Å². The van der Waals surface area contributed by atoms with Gasteiger partial charge in [-0.05, 0) is 178 Å². The minimum Gasteiger partial charge on any atom is -0.311 e. The van der Waals surface area contributed by atoms with E-state index in [9.17, 15) is 0 Å². The van der Waals surface area contributed by atoms with E-state index in [0.717, 1.165) is 44.9 Å². The standard InChI is InChI=1S/C78H52N2/c1-4-15-53(16-5-1)56-27-29-59(30-28-56)62-38-47-77-75(51-62)76-52-63(39-48-78(76)80(77)68-22-14-21-61(49-68)64-37-46-73-71-25-11-10-23-69(71)70-24-12-13-26-72(70)74(73)50-64)60-35-44-67(45-36-60)79(65-40-31-57(32-41-65)54-17-6-2-7-18-54)66-42-33-58(34-43-66)55-19-8-3-9-20-55/h1-52H. The molecule has 14 aromatic carbocycles. The lowest BCUT2D eigenvalue weighted by atomic mass is 9.92. The molecular weight excluding hydrogens is 965 g/mol. The molecule has 1 heterocycles. The van der Waals surface area contributed by atoms with E-state index in [4.69, 9.17) is 0 Å². The molecule has 0 N–H and O–H groups in total. The summed E-state index contributed by atoms with van der Waals surface area (Å²) in [5.41, 5.74) is 21.0. The Morgan fingerprint density at radius 3 is 0.875 bits per heavy atom. The van der Waals surface area contributed by atoms with Gasteiger partial charge in [-0.15, -0.1) is 0 Å². The van der Waals surface area contributed by atoms with Crippen molar-refractivity contribution in [3.05, 3.63) is 315 Å². The quantitative estimate of drug-likeness (QED) is 0.124. The first-order valence-corrected chi connectivity index (χ1v) is 27.5. The van der Waals surface area contributed by atoms with E-state index in [1.807, 2.05) is 0 Å². The van der Waals surface area contributed by atoms with Gasteiger partial charge in [0.1, 0.15) is 0 Å². The van der Waals surface area contributed by atoms with Gasteiger partial charge in [0.25, 0.3) is 0 Å². The molecule has 0 bridgehead atoms. The molecule has 1 aromatic heterocycles. The van der Waals surface area contributed by atoms with Crippen LogP contribution in [0.4, 0.5) is 17.1 Å². The molecule has 15 rings (SSSR count). The molecule has 0 fully saturated rings. The van der Waals surface area contributed by atoms with E-state index in [0.29, 0.717) is 0 Å². The normalized spacial score (nSPS) is 11.5. The fourth-order valence-corrected chi connectivity index (χ4v) is 12.2. The first-order chi connectivity index (χ1) is 39.6. The van der Waals surface area contributed by atoms with Crippen molar-refractivity contribution in [1.82, 2.24) is 4.57 Å². The van der Waals surface area contributed by atoms with Gasteiger partial charge >= 0.3 is 0 Å². The molecular formula is C78H52N2. The van der Waals surface area contributed by atoms with Crippen LogP contribution >= 0.6 is 0 Å². The molecule has 374 valence electrons. The van der Waals surface area contributed by atoms with Gasteiger partial charge in [-0.1, -0.05) is 237 Å². The van der Waals surface area contributed by atoms with Crippen LogP contribution in [-0.4, -0.2) is 4.57 Å². The van der Waals surface area contributed by atoms with E-state index in [2.05, 4.69) is 325 Å². The van der Waals surface area contributed by atoms with Crippen LogP contribution in [-0.2, 0) is 0 Å². The average molecular weight is 1020 g/mol. The summed E-state index contributed by atoms with van der Waals surface area (Å²) in [5.74, 6) is 0. The Morgan fingerprint density at radius 1 is 0.175 bits per heavy atom. The average Bonchev–Trinajstić information content (AvgIpc) is 3.93. The van der Waals surface area contributed by atoms with Crippen LogP contribution in [0.25, 0.3) is 127 Å². The van der Waals surface area contributed by atoms with Crippen LogP contribution in [0.15, 0.2) is 315 Å². The molecule has 2 nitrogen and oxygen atoms in total. The molecule has 0 radical (unpaired) electrons. The molecule has 0 aliphatic heterocycles. The zero-order valence-electron chi connectivity index (χ0n) is 43.9. The van der Waals surface area contributed by atoms with Crippen molar-refractivity contribution in [2.75, 3.05) is 4.90 Å². The number of anilines is 3. The number of nitrogens with zero attached hydrogens (tertiary/aromatic N) is 2. The maximum absolute atomic E-state index is 2.46. The van der Waals surface area contributed by atoms with Gasteiger partial charge < -0.3 is 9.47 Å². The lowest BCUT2D eigenvalue weighted by Gasteiger charge is -2.26. The number of hydrogen-bond acceptors (Lipinski definition) is 1. The topological polar surface area (TPSA) is 8.17 Å². The highest BCUT2D eigenvalue weighted by molar-refractivity contribution is 6.25. The molecule has 0 saturated heterocycles. The van der Waals surface area contributed by atoms with Crippen molar-refractivity contribution in [3.63, 3.8) is 0 Å². The van der Waals surface area contributed by atoms with Gasteiger partial charge in [-0.3, -0.25) is 0 Å². The Bertz CT molecular complexity index is 4630. The molecule has 0 amide bonds. The fraction of sp³-hybridized carbons (Fsp3) is 0. The van der Waals surface area contributed by atoms with Gasteiger partial charge in [0, 0.05) is 33.5 Å². The van der Waals surface area contributed by atoms with Gasteiger partial charge in [0.05, 0.1) is 11.0 Å².